The maximum atomic E-state index is 6.05. The predicted molar refractivity (Wildman–Crippen MR) is 103 cm³/mol. The molecule has 1 atom stereocenters. The van der Waals surface area contributed by atoms with Crippen molar-refractivity contribution in [2.45, 2.75) is 33.2 Å². The van der Waals surface area contributed by atoms with Crippen LogP contribution in [0.2, 0.25) is 5.02 Å². The topological polar surface area (TPSA) is 12.0 Å². The Morgan fingerprint density at radius 3 is 2.62 bits per heavy atom. The summed E-state index contributed by atoms with van der Waals surface area (Å²) in [6.07, 6.45) is 1.16. The van der Waals surface area contributed by atoms with Gasteiger partial charge in [0.15, 0.2) is 0 Å². The number of benzene rings is 1. The molecule has 0 radical (unpaired) electrons. The molecule has 1 unspecified atom stereocenters. The van der Waals surface area contributed by atoms with E-state index >= 15 is 0 Å². The standard InChI is InChI=1S/C17H21ClINS/c1-4-9-20-17(11(2)3)16-8-7-15(21-16)13-6-5-12(18)10-14(13)19/h5-8,10-11,17,20H,4,9H2,1-3H3. The number of thiophene rings is 1. The maximum Gasteiger partial charge on any atom is 0.0438 e. The van der Waals surface area contributed by atoms with E-state index in [2.05, 4.69) is 66.9 Å². The van der Waals surface area contributed by atoms with E-state index in [4.69, 9.17) is 11.6 Å². The van der Waals surface area contributed by atoms with Gasteiger partial charge in [-0.1, -0.05) is 38.4 Å². The van der Waals surface area contributed by atoms with Gasteiger partial charge in [-0.15, -0.1) is 11.3 Å². The second-order valence-electron chi connectivity index (χ2n) is 5.50. The Labute approximate surface area is 150 Å². The van der Waals surface area contributed by atoms with Crippen LogP contribution in [0, 0.1) is 9.49 Å². The van der Waals surface area contributed by atoms with Crippen molar-refractivity contribution in [3.63, 3.8) is 0 Å². The third-order valence-electron chi connectivity index (χ3n) is 3.41. The zero-order chi connectivity index (χ0) is 15.4. The van der Waals surface area contributed by atoms with Gasteiger partial charge in [0, 0.05) is 30.0 Å². The molecule has 2 aromatic rings. The van der Waals surface area contributed by atoms with Gasteiger partial charge >= 0.3 is 0 Å². The molecule has 114 valence electrons. The van der Waals surface area contributed by atoms with E-state index in [9.17, 15) is 0 Å². The summed E-state index contributed by atoms with van der Waals surface area (Å²) in [6.45, 7) is 7.83. The molecule has 0 saturated heterocycles. The molecule has 1 heterocycles. The van der Waals surface area contributed by atoms with Crippen molar-refractivity contribution >= 4 is 45.5 Å². The van der Waals surface area contributed by atoms with Gasteiger partial charge < -0.3 is 5.32 Å². The largest absolute Gasteiger partial charge is 0.309 e. The van der Waals surface area contributed by atoms with Crippen LogP contribution in [-0.2, 0) is 0 Å². The van der Waals surface area contributed by atoms with Crippen LogP contribution in [0.3, 0.4) is 0 Å². The molecule has 0 fully saturated rings. The molecule has 4 heteroatoms. The minimum absolute atomic E-state index is 0.439. The average molecular weight is 434 g/mol. The Morgan fingerprint density at radius 2 is 2.00 bits per heavy atom. The van der Waals surface area contributed by atoms with Gasteiger partial charge in [0.1, 0.15) is 0 Å². The van der Waals surface area contributed by atoms with Gasteiger partial charge in [0.05, 0.1) is 0 Å². The first-order valence-corrected chi connectivity index (χ1v) is 9.58. The molecule has 0 bridgehead atoms. The van der Waals surface area contributed by atoms with Crippen LogP contribution in [0.5, 0.6) is 0 Å². The number of hydrogen-bond donors (Lipinski definition) is 1. The third-order valence-corrected chi connectivity index (χ3v) is 5.74. The zero-order valence-corrected chi connectivity index (χ0v) is 16.3. The molecule has 0 spiro atoms. The number of rotatable bonds is 6. The van der Waals surface area contributed by atoms with Crippen molar-refractivity contribution in [1.29, 1.82) is 0 Å². The van der Waals surface area contributed by atoms with Gasteiger partial charge in [-0.25, -0.2) is 0 Å². The SMILES string of the molecule is CCCNC(c1ccc(-c2ccc(Cl)cc2I)s1)C(C)C. The van der Waals surface area contributed by atoms with Crippen molar-refractivity contribution in [2.75, 3.05) is 6.54 Å². The second kappa shape index (κ2) is 7.95. The lowest BCUT2D eigenvalue weighted by Gasteiger charge is -2.21. The fourth-order valence-corrected chi connectivity index (χ4v) is 4.96. The Morgan fingerprint density at radius 1 is 1.24 bits per heavy atom. The number of hydrogen-bond acceptors (Lipinski definition) is 2. The highest BCUT2D eigenvalue weighted by atomic mass is 127. The summed E-state index contributed by atoms with van der Waals surface area (Å²) in [5, 5.41) is 4.46. The molecule has 1 nitrogen and oxygen atoms in total. The van der Waals surface area contributed by atoms with E-state index in [0.717, 1.165) is 18.0 Å². The first kappa shape index (κ1) is 17.3. The fourth-order valence-electron chi connectivity index (χ4n) is 2.32. The van der Waals surface area contributed by atoms with Crippen LogP contribution in [0.15, 0.2) is 30.3 Å². The summed E-state index contributed by atoms with van der Waals surface area (Å²) in [7, 11) is 0. The Kier molecular flexibility index (Phi) is 6.53. The predicted octanol–water partition coefficient (Wildman–Crippen LogP) is 6.37. The van der Waals surface area contributed by atoms with E-state index in [-0.39, 0.29) is 0 Å². The minimum Gasteiger partial charge on any atom is -0.309 e. The highest BCUT2D eigenvalue weighted by Gasteiger charge is 2.18. The molecule has 1 N–H and O–H groups in total. The molecule has 21 heavy (non-hydrogen) atoms. The van der Waals surface area contributed by atoms with Crippen molar-refractivity contribution in [2.24, 2.45) is 5.92 Å². The van der Waals surface area contributed by atoms with Crippen LogP contribution in [0.4, 0.5) is 0 Å². The van der Waals surface area contributed by atoms with Crippen LogP contribution < -0.4 is 5.32 Å². The Bertz CT molecular complexity index is 594. The summed E-state index contributed by atoms with van der Waals surface area (Å²) >= 11 is 10.3. The number of halogens is 2. The third kappa shape index (κ3) is 4.44. The number of nitrogens with one attached hydrogen (secondary N) is 1. The van der Waals surface area contributed by atoms with Gasteiger partial charge in [0.2, 0.25) is 0 Å². The smallest absolute Gasteiger partial charge is 0.0438 e. The van der Waals surface area contributed by atoms with Crippen LogP contribution in [0.25, 0.3) is 10.4 Å². The highest BCUT2D eigenvalue weighted by Crippen LogP contribution is 2.36. The monoisotopic (exact) mass is 433 g/mol. The summed E-state index contributed by atoms with van der Waals surface area (Å²) < 4.78 is 1.20. The quantitative estimate of drug-likeness (QED) is 0.522. The summed E-state index contributed by atoms with van der Waals surface area (Å²) in [6, 6.07) is 11.0. The van der Waals surface area contributed by atoms with Crippen molar-refractivity contribution < 1.29 is 0 Å². The fraction of sp³-hybridized carbons (Fsp3) is 0.412. The molecule has 0 aliphatic rings. The Hall–Kier alpha value is -0.100. The van der Waals surface area contributed by atoms with Crippen molar-refractivity contribution in [1.82, 2.24) is 5.32 Å². The molecule has 0 aliphatic heterocycles. The first-order valence-electron chi connectivity index (χ1n) is 7.31. The maximum absolute atomic E-state index is 6.05. The first-order chi connectivity index (χ1) is 10.0. The molecule has 0 saturated carbocycles. The summed E-state index contributed by atoms with van der Waals surface area (Å²) in [4.78, 5) is 2.73. The summed E-state index contributed by atoms with van der Waals surface area (Å²) in [5.74, 6) is 0.590. The zero-order valence-electron chi connectivity index (χ0n) is 12.6. The highest BCUT2D eigenvalue weighted by molar-refractivity contribution is 14.1. The van der Waals surface area contributed by atoms with E-state index in [1.165, 1.54) is 18.9 Å². The Balaban J connectivity index is 2.27. The van der Waals surface area contributed by atoms with Crippen LogP contribution in [-0.4, -0.2) is 6.54 Å². The van der Waals surface area contributed by atoms with Gasteiger partial charge in [-0.3, -0.25) is 0 Å². The molecule has 2 rings (SSSR count). The van der Waals surface area contributed by atoms with Crippen molar-refractivity contribution in [3.05, 3.63) is 43.8 Å². The van der Waals surface area contributed by atoms with Gasteiger partial charge in [0.25, 0.3) is 0 Å². The van der Waals surface area contributed by atoms with E-state index in [1.54, 1.807) is 0 Å². The normalized spacial score (nSPS) is 12.9. The van der Waals surface area contributed by atoms with E-state index in [1.807, 2.05) is 23.5 Å². The van der Waals surface area contributed by atoms with Gasteiger partial charge in [-0.05, 0) is 65.7 Å². The van der Waals surface area contributed by atoms with Crippen LogP contribution >= 0.6 is 45.5 Å². The minimum atomic E-state index is 0.439. The van der Waals surface area contributed by atoms with E-state index < -0.39 is 0 Å². The lowest BCUT2D eigenvalue weighted by molar-refractivity contribution is 0.418. The summed E-state index contributed by atoms with van der Waals surface area (Å²) in [5.41, 5.74) is 1.27. The molecule has 1 aromatic heterocycles. The van der Waals surface area contributed by atoms with Crippen LogP contribution in [0.1, 0.15) is 38.1 Å². The van der Waals surface area contributed by atoms with E-state index in [0.29, 0.717) is 12.0 Å². The molecular weight excluding hydrogens is 413 g/mol. The lowest BCUT2D eigenvalue weighted by atomic mass is 10.0. The average Bonchev–Trinajstić information content (AvgIpc) is 2.88. The second-order valence-corrected chi connectivity index (χ2v) is 8.22. The van der Waals surface area contributed by atoms with Gasteiger partial charge in [-0.2, -0.15) is 0 Å². The molecule has 1 aromatic carbocycles. The molecular formula is C17H21ClINS. The molecule has 0 aliphatic carbocycles. The van der Waals surface area contributed by atoms with Crippen molar-refractivity contribution in [3.8, 4) is 10.4 Å². The molecule has 0 amide bonds. The lowest BCUT2D eigenvalue weighted by Crippen LogP contribution is -2.25.